The largest absolute Gasteiger partial charge is 0.497 e. The van der Waals surface area contributed by atoms with E-state index in [0.29, 0.717) is 39.9 Å². The van der Waals surface area contributed by atoms with Gasteiger partial charge in [-0.25, -0.2) is 4.98 Å². The van der Waals surface area contributed by atoms with Gasteiger partial charge in [0.25, 0.3) is 11.5 Å². The molecule has 0 atom stereocenters. The summed E-state index contributed by atoms with van der Waals surface area (Å²) in [5.41, 5.74) is 2.60. The zero-order valence-corrected chi connectivity index (χ0v) is 17.3. The van der Waals surface area contributed by atoms with E-state index in [9.17, 15) is 9.59 Å². The van der Waals surface area contributed by atoms with E-state index in [1.165, 1.54) is 6.07 Å². The van der Waals surface area contributed by atoms with Crippen molar-refractivity contribution < 1.29 is 18.8 Å². The summed E-state index contributed by atoms with van der Waals surface area (Å²) < 4.78 is 17.4. The van der Waals surface area contributed by atoms with Gasteiger partial charge in [-0.1, -0.05) is 6.07 Å². The lowest BCUT2D eigenvalue weighted by Gasteiger charge is -2.12. The highest BCUT2D eigenvalue weighted by Gasteiger charge is 2.10. The van der Waals surface area contributed by atoms with Crippen molar-refractivity contribution >= 4 is 17.2 Å². The Labute approximate surface area is 178 Å². The SMILES string of the molecule is COc1ccc(C(=O)Nc2ccc(C)c(OCc3cc(=O)n4oc(C)cc4n3)c2)cc1. The number of rotatable bonds is 6. The lowest BCUT2D eigenvalue weighted by atomic mass is 10.1. The predicted octanol–water partition coefficient (Wildman–Crippen LogP) is 3.74. The van der Waals surface area contributed by atoms with Gasteiger partial charge in [0.2, 0.25) is 0 Å². The van der Waals surface area contributed by atoms with E-state index in [4.69, 9.17) is 14.0 Å². The molecule has 0 aliphatic carbocycles. The molecule has 0 radical (unpaired) electrons. The maximum Gasteiger partial charge on any atom is 0.287 e. The van der Waals surface area contributed by atoms with Crippen molar-refractivity contribution in [1.29, 1.82) is 0 Å². The fourth-order valence-electron chi connectivity index (χ4n) is 3.08. The molecule has 0 fully saturated rings. The van der Waals surface area contributed by atoms with Crippen LogP contribution in [0, 0.1) is 13.8 Å². The van der Waals surface area contributed by atoms with E-state index in [1.54, 1.807) is 56.5 Å². The predicted molar refractivity (Wildman–Crippen MR) is 115 cm³/mol. The Balaban J connectivity index is 1.48. The molecule has 8 nitrogen and oxygen atoms in total. The van der Waals surface area contributed by atoms with Gasteiger partial charge in [-0.05, 0) is 49.7 Å². The van der Waals surface area contributed by atoms with E-state index in [1.807, 2.05) is 13.0 Å². The topological polar surface area (TPSA) is 95.1 Å². The van der Waals surface area contributed by atoms with Crippen molar-refractivity contribution in [3.05, 3.63) is 87.5 Å². The summed E-state index contributed by atoms with van der Waals surface area (Å²) in [6.07, 6.45) is 0. The van der Waals surface area contributed by atoms with E-state index in [-0.39, 0.29) is 18.1 Å². The second kappa shape index (κ2) is 8.35. The number of nitrogens with zero attached hydrogens (tertiary/aromatic N) is 2. The molecular weight excluding hydrogens is 398 g/mol. The monoisotopic (exact) mass is 419 g/mol. The Kier molecular flexibility index (Phi) is 5.44. The molecule has 2 aromatic heterocycles. The number of methoxy groups -OCH3 is 1. The minimum absolute atomic E-state index is 0.104. The number of ether oxygens (including phenoxy) is 2. The Morgan fingerprint density at radius 3 is 2.61 bits per heavy atom. The Morgan fingerprint density at radius 2 is 1.87 bits per heavy atom. The molecule has 0 spiro atoms. The van der Waals surface area contributed by atoms with E-state index in [2.05, 4.69) is 10.3 Å². The van der Waals surface area contributed by atoms with Crippen LogP contribution in [0.15, 0.2) is 63.9 Å². The average molecular weight is 419 g/mol. The van der Waals surface area contributed by atoms with Gasteiger partial charge in [0.1, 0.15) is 23.9 Å². The molecule has 0 saturated heterocycles. The number of fused-ring (bicyclic) bond motifs is 1. The first-order valence-electron chi connectivity index (χ1n) is 9.61. The van der Waals surface area contributed by atoms with E-state index < -0.39 is 0 Å². The molecule has 1 N–H and O–H groups in total. The summed E-state index contributed by atoms with van der Waals surface area (Å²) >= 11 is 0. The summed E-state index contributed by atoms with van der Waals surface area (Å²) in [6, 6.07) is 15.3. The molecule has 0 bridgehead atoms. The maximum absolute atomic E-state index is 12.5. The van der Waals surface area contributed by atoms with Crippen molar-refractivity contribution in [1.82, 2.24) is 9.56 Å². The lowest BCUT2D eigenvalue weighted by Crippen LogP contribution is -2.14. The summed E-state index contributed by atoms with van der Waals surface area (Å²) in [7, 11) is 1.57. The highest BCUT2D eigenvalue weighted by Crippen LogP contribution is 2.24. The molecule has 0 aliphatic heterocycles. The van der Waals surface area contributed by atoms with Crippen LogP contribution in [0.5, 0.6) is 11.5 Å². The number of benzene rings is 2. The van der Waals surface area contributed by atoms with Crippen molar-refractivity contribution in [3.63, 3.8) is 0 Å². The van der Waals surface area contributed by atoms with Crippen LogP contribution in [-0.2, 0) is 6.61 Å². The van der Waals surface area contributed by atoms with E-state index in [0.717, 1.165) is 10.1 Å². The van der Waals surface area contributed by atoms with Gasteiger partial charge < -0.3 is 19.3 Å². The summed E-state index contributed by atoms with van der Waals surface area (Å²) in [6.45, 7) is 3.75. The molecule has 8 heteroatoms. The molecule has 31 heavy (non-hydrogen) atoms. The van der Waals surface area contributed by atoms with Crippen molar-refractivity contribution in [2.45, 2.75) is 20.5 Å². The number of amides is 1. The third-order valence-electron chi connectivity index (χ3n) is 4.70. The maximum atomic E-state index is 12.5. The van der Waals surface area contributed by atoms with Gasteiger partial charge in [-0.3, -0.25) is 9.59 Å². The highest BCUT2D eigenvalue weighted by atomic mass is 16.5. The zero-order valence-electron chi connectivity index (χ0n) is 17.3. The van der Waals surface area contributed by atoms with Gasteiger partial charge in [0, 0.05) is 29.4 Å². The normalized spacial score (nSPS) is 10.8. The number of carbonyl (C=O) groups excluding carboxylic acids is 1. The number of hydrogen-bond donors (Lipinski definition) is 1. The number of nitrogens with one attached hydrogen (secondary N) is 1. The van der Waals surface area contributed by atoms with E-state index >= 15 is 0 Å². The fraction of sp³-hybridized carbons (Fsp3) is 0.174. The second-order valence-corrected chi connectivity index (χ2v) is 7.04. The number of hydrogen-bond acceptors (Lipinski definition) is 6. The number of carbonyl (C=O) groups is 1. The first-order chi connectivity index (χ1) is 14.9. The standard InChI is InChI=1S/C23H21N3O5/c1-14-4-7-17(25-23(28)16-5-8-19(29-3)9-6-16)11-20(14)30-13-18-12-22(27)26-21(24-18)10-15(2)31-26/h4-12H,13H2,1-3H3,(H,25,28). The first kappa shape index (κ1) is 20.2. The molecule has 2 aromatic carbocycles. The Morgan fingerprint density at radius 1 is 1.10 bits per heavy atom. The molecule has 0 aliphatic rings. The quantitative estimate of drug-likeness (QED) is 0.512. The van der Waals surface area contributed by atoms with Crippen LogP contribution in [0.25, 0.3) is 5.65 Å². The first-order valence-corrected chi connectivity index (χ1v) is 9.61. The molecule has 1 amide bonds. The second-order valence-electron chi connectivity index (χ2n) is 7.04. The molecule has 158 valence electrons. The minimum Gasteiger partial charge on any atom is -0.497 e. The summed E-state index contributed by atoms with van der Waals surface area (Å²) in [5, 5.41) is 2.86. The van der Waals surface area contributed by atoms with Crippen molar-refractivity contribution in [2.24, 2.45) is 0 Å². The number of aryl methyl sites for hydroxylation is 2. The smallest absolute Gasteiger partial charge is 0.287 e. The molecule has 0 saturated carbocycles. The van der Waals surface area contributed by atoms with Gasteiger partial charge in [0.15, 0.2) is 5.65 Å². The van der Waals surface area contributed by atoms with Gasteiger partial charge in [-0.2, -0.15) is 0 Å². The lowest BCUT2D eigenvalue weighted by molar-refractivity contribution is 0.102. The fourth-order valence-corrected chi connectivity index (χ4v) is 3.08. The molecule has 2 heterocycles. The van der Waals surface area contributed by atoms with Gasteiger partial charge >= 0.3 is 0 Å². The van der Waals surface area contributed by atoms with Crippen LogP contribution >= 0.6 is 0 Å². The number of anilines is 1. The Hall–Kier alpha value is -4.07. The molecule has 0 unspecified atom stereocenters. The average Bonchev–Trinajstić information content (AvgIpc) is 3.15. The molecular formula is C23H21N3O5. The zero-order chi connectivity index (χ0) is 22.0. The van der Waals surface area contributed by atoms with Crippen molar-refractivity contribution in [2.75, 3.05) is 12.4 Å². The summed E-state index contributed by atoms with van der Waals surface area (Å²) in [4.78, 5) is 29.1. The minimum atomic E-state index is -0.311. The summed E-state index contributed by atoms with van der Waals surface area (Å²) in [5.74, 6) is 1.62. The third-order valence-corrected chi connectivity index (χ3v) is 4.70. The Bertz CT molecular complexity index is 1310. The van der Waals surface area contributed by atoms with Crippen LogP contribution < -0.4 is 20.3 Å². The molecule has 4 rings (SSSR count). The van der Waals surface area contributed by atoms with Crippen molar-refractivity contribution in [3.8, 4) is 11.5 Å². The van der Waals surface area contributed by atoms with Gasteiger partial charge in [-0.15, -0.1) is 4.57 Å². The van der Waals surface area contributed by atoms with Crippen LogP contribution in [-0.4, -0.2) is 22.6 Å². The highest BCUT2D eigenvalue weighted by molar-refractivity contribution is 6.04. The van der Waals surface area contributed by atoms with Crippen LogP contribution in [0.2, 0.25) is 0 Å². The van der Waals surface area contributed by atoms with Crippen LogP contribution in [0.3, 0.4) is 0 Å². The third kappa shape index (κ3) is 4.42. The van der Waals surface area contributed by atoms with Gasteiger partial charge in [0.05, 0.1) is 12.8 Å². The van der Waals surface area contributed by atoms with Crippen LogP contribution in [0.4, 0.5) is 5.69 Å². The van der Waals surface area contributed by atoms with Crippen LogP contribution in [0.1, 0.15) is 27.4 Å². The number of aromatic nitrogens is 2. The molecule has 4 aromatic rings.